The number of fused-ring (bicyclic) bond motifs is 1. The Morgan fingerprint density at radius 3 is 2.68 bits per heavy atom. The maximum Gasteiger partial charge on any atom is 0.241 e. The highest BCUT2D eigenvalue weighted by atomic mass is 16.5. The number of hydrogen-bond acceptors (Lipinski definition) is 3. The van der Waals surface area contributed by atoms with Gasteiger partial charge in [0, 0.05) is 19.6 Å². The van der Waals surface area contributed by atoms with Crippen LogP contribution in [-0.4, -0.2) is 37.7 Å². The Labute approximate surface area is 150 Å². The summed E-state index contributed by atoms with van der Waals surface area (Å²) in [6.07, 6.45) is 12.6. The lowest BCUT2D eigenvalue weighted by Crippen LogP contribution is -2.60. The zero-order valence-electron chi connectivity index (χ0n) is 15.1. The van der Waals surface area contributed by atoms with Gasteiger partial charge in [-0.2, -0.15) is 0 Å². The van der Waals surface area contributed by atoms with Crippen LogP contribution in [0.15, 0.2) is 18.2 Å². The second-order valence-corrected chi connectivity index (χ2v) is 7.15. The van der Waals surface area contributed by atoms with Gasteiger partial charge in [0.2, 0.25) is 5.91 Å². The van der Waals surface area contributed by atoms with Crippen LogP contribution >= 0.6 is 0 Å². The predicted octanol–water partition coefficient (Wildman–Crippen LogP) is 1.99. The summed E-state index contributed by atoms with van der Waals surface area (Å²) in [6, 6.07) is 6.37. The number of likely N-dealkylation sites (N-methyl/N-ethyl adjacent to an activating group) is 1. The average molecular weight is 340 g/mol. The molecule has 2 N–H and O–H groups in total. The fourth-order valence-corrected chi connectivity index (χ4v) is 3.91. The molecule has 1 unspecified atom stereocenters. The maximum atomic E-state index is 12.8. The van der Waals surface area contributed by atoms with Crippen molar-refractivity contribution in [3.05, 3.63) is 34.9 Å². The minimum absolute atomic E-state index is 0.0146. The molecule has 1 heterocycles. The van der Waals surface area contributed by atoms with Gasteiger partial charge in [0.15, 0.2) is 0 Å². The van der Waals surface area contributed by atoms with Gasteiger partial charge in [0.1, 0.15) is 5.54 Å². The van der Waals surface area contributed by atoms with Crippen LogP contribution in [0.5, 0.6) is 0 Å². The number of ether oxygens (including phenoxy) is 1. The lowest BCUT2D eigenvalue weighted by atomic mass is 9.88. The van der Waals surface area contributed by atoms with Crippen molar-refractivity contribution in [2.24, 2.45) is 0 Å². The van der Waals surface area contributed by atoms with Crippen LogP contribution in [0.1, 0.15) is 42.4 Å². The number of terminal acetylenes is 1. The summed E-state index contributed by atoms with van der Waals surface area (Å²) in [5.74, 6) is 2.74. The van der Waals surface area contributed by atoms with Gasteiger partial charge in [-0.25, -0.2) is 0 Å². The van der Waals surface area contributed by atoms with Gasteiger partial charge in [-0.3, -0.25) is 4.79 Å². The molecule has 0 radical (unpaired) electrons. The molecule has 3 rings (SSSR count). The Balaban J connectivity index is 1.66. The molecule has 0 spiro atoms. The van der Waals surface area contributed by atoms with Crippen molar-refractivity contribution in [1.29, 1.82) is 0 Å². The number of rotatable bonds is 5. The SMILES string of the molecule is C#CC(Cc1ccc2c(c1)CCCC2)NC(=O)C1(NC)CCOCC1. The van der Waals surface area contributed by atoms with Gasteiger partial charge in [-0.1, -0.05) is 24.1 Å². The topological polar surface area (TPSA) is 50.4 Å². The molecule has 0 saturated carbocycles. The van der Waals surface area contributed by atoms with Crippen molar-refractivity contribution in [2.45, 2.75) is 56.5 Å². The van der Waals surface area contributed by atoms with E-state index in [9.17, 15) is 4.79 Å². The molecule has 2 aliphatic rings. The number of aryl methyl sites for hydroxylation is 2. The van der Waals surface area contributed by atoms with Crippen LogP contribution in [-0.2, 0) is 28.8 Å². The molecule has 1 amide bonds. The second-order valence-electron chi connectivity index (χ2n) is 7.15. The highest BCUT2D eigenvalue weighted by Crippen LogP contribution is 2.23. The molecule has 4 heteroatoms. The molecule has 4 nitrogen and oxygen atoms in total. The van der Waals surface area contributed by atoms with Crippen LogP contribution < -0.4 is 10.6 Å². The first-order valence-corrected chi connectivity index (χ1v) is 9.31. The standard InChI is InChI=1S/C21H28N2O2/c1-3-19(23-20(24)21(22-2)10-12-25-13-11-21)15-16-8-9-17-6-4-5-7-18(17)14-16/h1,8-9,14,19,22H,4-7,10-13,15H2,2H3,(H,23,24). The molecule has 134 valence electrons. The quantitative estimate of drug-likeness (QED) is 0.806. The van der Waals surface area contributed by atoms with E-state index in [1.807, 2.05) is 7.05 Å². The van der Waals surface area contributed by atoms with E-state index in [0.29, 0.717) is 32.5 Å². The molecule has 25 heavy (non-hydrogen) atoms. The van der Waals surface area contributed by atoms with Gasteiger partial charge < -0.3 is 15.4 Å². The van der Waals surface area contributed by atoms with Crippen molar-refractivity contribution >= 4 is 5.91 Å². The van der Waals surface area contributed by atoms with E-state index >= 15 is 0 Å². The number of nitrogens with one attached hydrogen (secondary N) is 2. The van der Waals surface area contributed by atoms with Gasteiger partial charge in [0.05, 0.1) is 6.04 Å². The molecular formula is C21H28N2O2. The smallest absolute Gasteiger partial charge is 0.241 e. The van der Waals surface area contributed by atoms with Crippen molar-refractivity contribution in [2.75, 3.05) is 20.3 Å². The Hall–Kier alpha value is -1.83. The first-order valence-electron chi connectivity index (χ1n) is 9.31. The molecule has 1 aromatic rings. The molecule has 0 aromatic heterocycles. The van der Waals surface area contributed by atoms with Crippen molar-refractivity contribution < 1.29 is 9.53 Å². The number of hydrogen-bond donors (Lipinski definition) is 2. The van der Waals surface area contributed by atoms with E-state index in [0.717, 1.165) is 6.42 Å². The Morgan fingerprint density at radius 1 is 1.28 bits per heavy atom. The van der Waals surface area contributed by atoms with Crippen molar-refractivity contribution in [3.63, 3.8) is 0 Å². The van der Waals surface area contributed by atoms with E-state index in [1.165, 1.54) is 36.0 Å². The number of benzene rings is 1. The van der Waals surface area contributed by atoms with Gasteiger partial charge in [0.25, 0.3) is 0 Å². The molecule has 1 aliphatic heterocycles. The fourth-order valence-electron chi connectivity index (χ4n) is 3.91. The molecule has 0 bridgehead atoms. The van der Waals surface area contributed by atoms with Gasteiger partial charge in [-0.15, -0.1) is 6.42 Å². The molecule has 1 atom stereocenters. The van der Waals surface area contributed by atoms with E-state index < -0.39 is 5.54 Å². The van der Waals surface area contributed by atoms with Crippen molar-refractivity contribution in [3.8, 4) is 12.3 Å². The third-order valence-corrected chi connectivity index (χ3v) is 5.62. The van der Waals surface area contributed by atoms with Crippen LogP contribution in [0.3, 0.4) is 0 Å². The van der Waals surface area contributed by atoms with E-state index in [1.54, 1.807) is 0 Å². The Bertz CT molecular complexity index is 656. The second kappa shape index (κ2) is 8.03. The monoisotopic (exact) mass is 340 g/mol. The van der Waals surface area contributed by atoms with Crippen LogP contribution in [0, 0.1) is 12.3 Å². The summed E-state index contributed by atoms with van der Waals surface area (Å²) in [7, 11) is 1.83. The Kier molecular flexibility index (Phi) is 5.78. The lowest BCUT2D eigenvalue weighted by molar-refractivity contribution is -0.131. The Morgan fingerprint density at radius 2 is 2.00 bits per heavy atom. The summed E-state index contributed by atoms with van der Waals surface area (Å²) in [4.78, 5) is 12.8. The third kappa shape index (κ3) is 4.05. The van der Waals surface area contributed by atoms with Gasteiger partial charge >= 0.3 is 0 Å². The van der Waals surface area contributed by atoms with E-state index in [2.05, 4.69) is 34.8 Å². The summed E-state index contributed by atoms with van der Waals surface area (Å²) in [5.41, 5.74) is 3.55. The van der Waals surface area contributed by atoms with E-state index in [-0.39, 0.29) is 11.9 Å². The highest BCUT2D eigenvalue weighted by molar-refractivity contribution is 5.87. The van der Waals surface area contributed by atoms with Gasteiger partial charge in [-0.05, 0) is 62.3 Å². The first kappa shape index (κ1) is 18.0. The van der Waals surface area contributed by atoms with E-state index in [4.69, 9.17) is 11.2 Å². The average Bonchev–Trinajstić information content (AvgIpc) is 2.67. The lowest BCUT2D eigenvalue weighted by Gasteiger charge is -2.36. The minimum Gasteiger partial charge on any atom is -0.381 e. The summed E-state index contributed by atoms with van der Waals surface area (Å²) >= 11 is 0. The summed E-state index contributed by atoms with van der Waals surface area (Å²) in [6.45, 7) is 1.19. The highest BCUT2D eigenvalue weighted by Gasteiger charge is 2.39. The van der Waals surface area contributed by atoms with Crippen LogP contribution in [0.25, 0.3) is 0 Å². The summed E-state index contributed by atoms with van der Waals surface area (Å²) < 4.78 is 5.40. The molecular weight excluding hydrogens is 312 g/mol. The predicted molar refractivity (Wildman–Crippen MR) is 99.4 cm³/mol. The largest absolute Gasteiger partial charge is 0.381 e. The fraction of sp³-hybridized carbons (Fsp3) is 0.571. The molecule has 1 aromatic carbocycles. The zero-order valence-corrected chi connectivity index (χ0v) is 15.1. The van der Waals surface area contributed by atoms with Crippen LogP contribution in [0.2, 0.25) is 0 Å². The summed E-state index contributed by atoms with van der Waals surface area (Å²) in [5, 5.41) is 6.25. The number of carbonyl (C=O) groups is 1. The van der Waals surface area contributed by atoms with Crippen LogP contribution in [0.4, 0.5) is 0 Å². The normalized spacial score (nSPS) is 20.2. The van der Waals surface area contributed by atoms with Crippen molar-refractivity contribution in [1.82, 2.24) is 10.6 Å². The molecule has 1 fully saturated rings. The molecule has 1 saturated heterocycles. The number of amides is 1. The maximum absolute atomic E-state index is 12.8. The number of carbonyl (C=O) groups excluding carboxylic acids is 1. The first-order chi connectivity index (χ1) is 12.2. The molecule has 1 aliphatic carbocycles. The minimum atomic E-state index is -0.566. The third-order valence-electron chi connectivity index (χ3n) is 5.62. The zero-order chi connectivity index (χ0) is 17.7.